The van der Waals surface area contributed by atoms with Crippen LogP contribution in [0.1, 0.15) is 6.92 Å². The van der Waals surface area contributed by atoms with Crippen LogP contribution in [-0.4, -0.2) is 16.6 Å². The molecule has 1 atom stereocenters. The van der Waals surface area contributed by atoms with Gasteiger partial charge in [0.25, 0.3) is 0 Å². The molecular weight excluding hydrogens is 184 g/mol. The van der Waals surface area contributed by atoms with E-state index in [1.54, 1.807) is 18.0 Å². The maximum atomic E-state index is 11.4. The maximum Gasteiger partial charge on any atom is 0.228 e. The zero-order valence-corrected chi connectivity index (χ0v) is 8.10. The molecule has 2 heterocycles. The maximum absolute atomic E-state index is 11.4. The summed E-state index contributed by atoms with van der Waals surface area (Å²) < 4.78 is 0. The van der Waals surface area contributed by atoms with Crippen molar-refractivity contribution in [1.29, 1.82) is 0 Å². The molecule has 0 fully saturated rings. The van der Waals surface area contributed by atoms with E-state index < -0.39 is 0 Å². The monoisotopic (exact) mass is 194 g/mol. The van der Waals surface area contributed by atoms with Gasteiger partial charge in [0.05, 0.1) is 5.69 Å². The average molecular weight is 194 g/mol. The quantitative estimate of drug-likeness (QED) is 0.684. The minimum absolute atomic E-state index is 0.0548. The van der Waals surface area contributed by atoms with Gasteiger partial charge in [-0.2, -0.15) is 0 Å². The number of aromatic nitrogens is 1. The standard InChI is InChI=1S/C9H10N2OS/c1-6-5-13-9-7(11-8(6)12)3-2-4-10-9/h2-4,6H,5H2,1H3,(H,11,12). The molecule has 1 N–H and O–H groups in total. The molecule has 0 saturated heterocycles. The van der Waals surface area contributed by atoms with Gasteiger partial charge in [-0.15, -0.1) is 11.8 Å². The Kier molecular flexibility index (Phi) is 2.22. The number of carbonyl (C=O) groups excluding carboxylic acids is 1. The van der Waals surface area contributed by atoms with E-state index in [4.69, 9.17) is 0 Å². The van der Waals surface area contributed by atoms with Crippen LogP contribution in [-0.2, 0) is 4.79 Å². The van der Waals surface area contributed by atoms with E-state index in [-0.39, 0.29) is 11.8 Å². The molecule has 4 heteroatoms. The predicted octanol–water partition coefficient (Wildman–Crippen LogP) is 1.76. The van der Waals surface area contributed by atoms with Crippen molar-refractivity contribution in [1.82, 2.24) is 4.98 Å². The summed E-state index contributed by atoms with van der Waals surface area (Å²) in [6.45, 7) is 1.92. The summed E-state index contributed by atoms with van der Waals surface area (Å²) in [4.78, 5) is 15.6. The Hall–Kier alpha value is -1.03. The minimum atomic E-state index is 0.0548. The number of hydrogen-bond acceptors (Lipinski definition) is 3. The highest BCUT2D eigenvalue weighted by Gasteiger charge is 2.20. The van der Waals surface area contributed by atoms with E-state index in [0.29, 0.717) is 0 Å². The third kappa shape index (κ3) is 1.67. The second kappa shape index (κ2) is 3.38. The summed E-state index contributed by atoms with van der Waals surface area (Å²) in [5.41, 5.74) is 0.835. The highest BCUT2D eigenvalue weighted by atomic mass is 32.2. The zero-order valence-electron chi connectivity index (χ0n) is 7.28. The molecule has 1 aliphatic rings. The predicted molar refractivity (Wildman–Crippen MR) is 52.8 cm³/mol. The van der Waals surface area contributed by atoms with Crippen molar-refractivity contribution in [2.45, 2.75) is 11.9 Å². The van der Waals surface area contributed by atoms with Gasteiger partial charge in [0.15, 0.2) is 0 Å². The highest BCUT2D eigenvalue weighted by Crippen LogP contribution is 2.29. The molecule has 0 aliphatic carbocycles. The van der Waals surface area contributed by atoms with Crippen LogP contribution in [0.5, 0.6) is 0 Å². The van der Waals surface area contributed by atoms with Gasteiger partial charge >= 0.3 is 0 Å². The van der Waals surface area contributed by atoms with E-state index in [9.17, 15) is 4.79 Å². The highest BCUT2D eigenvalue weighted by molar-refractivity contribution is 7.99. The minimum Gasteiger partial charge on any atom is -0.324 e. The smallest absolute Gasteiger partial charge is 0.228 e. The number of carbonyl (C=O) groups is 1. The number of nitrogens with zero attached hydrogens (tertiary/aromatic N) is 1. The zero-order chi connectivity index (χ0) is 9.26. The summed E-state index contributed by atoms with van der Waals surface area (Å²) >= 11 is 1.63. The van der Waals surface area contributed by atoms with E-state index >= 15 is 0 Å². The number of rotatable bonds is 0. The molecule has 1 aromatic rings. The van der Waals surface area contributed by atoms with Crippen LogP contribution in [0.3, 0.4) is 0 Å². The molecule has 0 spiro atoms. The number of thioether (sulfide) groups is 1. The van der Waals surface area contributed by atoms with E-state index in [0.717, 1.165) is 16.5 Å². The van der Waals surface area contributed by atoms with Crippen LogP contribution >= 0.6 is 11.8 Å². The number of nitrogens with one attached hydrogen (secondary N) is 1. The molecule has 1 amide bonds. The molecule has 1 aromatic heterocycles. The Morgan fingerprint density at radius 3 is 3.38 bits per heavy atom. The summed E-state index contributed by atoms with van der Waals surface area (Å²) in [7, 11) is 0. The molecule has 3 nitrogen and oxygen atoms in total. The second-order valence-electron chi connectivity index (χ2n) is 3.06. The van der Waals surface area contributed by atoms with Crippen molar-refractivity contribution in [2.24, 2.45) is 5.92 Å². The molecule has 0 aromatic carbocycles. The molecular formula is C9H10N2OS. The number of pyridine rings is 1. The molecule has 68 valence electrons. The second-order valence-corrected chi connectivity index (χ2v) is 4.07. The molecule has 0 bridgehead atoms. The number of anilines is 1. The Morgan fingerprint density at radius 2 is 2.54 bits per heavy atom. The molecule has 1 aliphatic heterocycles. The van der Waals surface area contributed by atoms with Gasteiger partial charge in [0.2, 0.25) is 5.91 Å². The SMILES string of the molecule is CC1CSc2ncccc2NC1=O. The first-order valence-electron chi connectivity index (χ1n) is 4.16. The summed E-state index contributed by atoms with van der Waals surface area (Å²) in [6, 6.07) is 3.71. The lowest BCUT2D eigenvalue weighted by Crippen LogP contribution is -2.20. The molecule has 13 heavy (non-hydrogen) atoms. The van der Waals surface area contributed by atoms with Gasteiger partial charge in [-0.3, -0.25) is 4.79 Å². The van der Waals surface area contributed by atoms with Gasteiger partial charge in [0, 0.05) is 17.9 Å². The lowest BCUT2D eigenvalue weighted by atomic mass is 10.2. The van der Waals surface area contributed by atoms with Crippen molar-refractivity contribution >= 4 is 23.4 Å². The Balaban J connectivity index is 2.35. The summed E-state index contributed by atoms with van der Waals surface area (Å²) in [6.07, 6.45) is 1.74. The summed E-state index contributed by atoms with van der Waals surface area (Å²) in [5.74, 6) is 0.939. The lowest BCUT2D eigenvalue weighted by molar-refractivity contribution is -0.118. The Bertz CT molecular complexity index is 340. The van der Waals surface area contributed by atoms with Crippen molar-refractivity contribution < 1.29 is 4.79 Å². The van der Waals surface area contributed by atoms with Gasteiger partial charge in [-0.05, 0) is 12.1 Å². The van der Waals surface area contributed by atoms with Crippen LogP contribution in [0.2, 0.25) is 0 Å². The van der Waals surface area contributed by atoms with Gasteiger partial charge < -0.3 is 5.32 Å². The van der Waals surface area contributed by atoms with Gasteiger partial charge in [-0.25, -0.2) is 4.98 Å². The van der Waals surface area contributed by atoms with E-state index in [2.05, 4.69) is 10.3 Å². The topological polar surface area (TPSA) is 42.0 Å². The van der Waals surface area contributed by atoms with Crippen molar-refractivity contribution in [3.63, 3.8) is 0 Å². The molecule has 2 rings (SSSR count). The normalized spacial score (nSPS) is 21.6. The van der Waals surface area contributed by atoms with E-state index in [1.165, 1.54) is 0 Å². The van der Waals surface area contributed by atoms with Crippen LogP contribution in [0.15, 0.2) is 23.4 Å². The Labute approximate surface area is 80.9 Å². The fourth-order valence-corrected chi connectivity index (χ4v) is 2.11. The van der Waals surface area contributed by atoms with Gasteiger partial charge in [0.1, 0.15) is 5.03 Å². The summed E-state index contributed by atoms with van der Waals surface area (Å²) in [5, 5.41) is 3.77. The number of hydrogen-bond donors (Lipinski definition) is 1. The lowest BCUT2D eigenvalue weighted by Gasteiger charge is -2.04. The molecule has 0 saturated carbocycles. The molecule has 1 unspecified atom stereocenters. The third-order valence-corrected chi connectivity index (χ3v) is 3.21. The molecule has 0 radical (unpaired) electrons. The fourth-order valence-electron chi connectivity index (χ4n) is 1.14. The average Bonchev–Trinajstić information content (AvgIpc) is 2.28. The third-order valence-electron chi connectivity index (χ3n) is 1.95. The van der Waals surface area contributed by atoms with Crippen LogP contribution in [0.4, 0.5) is 5.69 Å². The number of amides is 1. The van der Waals surface area contributed by atoms with Crippen LogP contribution < -0.4 is 5.32 Å². The number of fused-ring (bicyclic) bond motifs is 1. The van der Waals surface area contributed by atoms with Crippen molar-refractivity contribution in [3.05, 3.63) is 18.3 Å². The van der Waals surface area contributed by atoms with Crippen LogP contribution in [0, 0.1) is 5.92 Å². The van der Waals surface area contributed by atoms with Gasteiger partial charge in [-0.1, -0.05) is 6.92 Å². The fraction of sp³-hybridized carbons (Fsp3) is 0.333. The first-order chi connectivity index (χ1) is 6.27. The van der Waals surface area contributed by atoms with E-state index in [1.807, 2.05) is 19.1 Å². The largest absolute Gasteiger partial charge is 0.324 e. The van der Waals surface area contributed by atoms with Crippen molar-refractivity contribution in [3.8, 4) is 0 Å². The van der Waals surface area contributed by atoms with Crippen molar-refractivity contribution in [2.75, 3.05) is 11.1 Å². The first kappa shape index (κ1) is 8.56. The first-order valence-corrected chi connectivity index (χ1v) is 5.14. The van der Waals surface area contributed by atoms with Crippen LogP contribution in [0.25, 0.3) is 0 Å². The Morgan fingerprint density at radius 1 is 1.69 bits per heavy atom.